The monoisotopic (exact) mass is 379 g/mol. The molecule has 0 aliphatic rings. The van der Waals surface area contributed by atoms with Crippen LogP contribution in [-0.2, 0) is 0 Å². The van der Waals surface area contributed by atoms with E-state index >= 15 is 0 Å². The first-order valence-corrected chi connectivity index (χ1v) is 7.56. The van der Waals surface area contributed by atoms with Crippen LogP contribution in [0.5, 0.6) is 0 Å². The van der Waals surface area contributed by atoms with Gasteiger partial charge in [-0.3, -0.25) is 0 Å². The topological polar surface area (TPSA) is 9.49 Å². The molecular formula is C15H30IN3. The fourth-order valence-corrected chi connectivity index (χ4v) is 2.68. The van der Waals surface area contributed by atoms with Crippen LogP contribution in [-0.4, -0.2) is 39.3 Å². The summed E-state index contributed by atoms with van der Waals surface area (Å²) < 4.78 is 2.49. The number of nitrogens with zero attached hydrogens (tertiary/aromatic N) is 3. The lowest BCUT2D eigenvalue weighted by molar-refractivity contribution is -0.00000407. The lowest BCUT2D eigenvalue weighted by Gasteiger charge is -2.18. The third-order valence-electron chi connectivity index (χ3n) is 3.85. The fraction of sp³-hybridized carbons (Fsp3) is 0.800. The van der Waals surface area contributed by atoms with Crippen LogP contribution in [0, 0.1) is 0 Å². The molecule has 0 heterocycles. The van der Waals surface area contributed by atoms with E-state index in [9.17, 15) is 0 Å². The van der Waals surface area contributed by atoms with E-state index in [1.54, 1.807) is 0 Å². The van der Waals surface area contributed by atoms with Crippen molar-refractivity contribution in [2.45, 2.75) is 41.5 Å². The zero-order valence-electron chi connectivity index (χ0n) is 13.5. The number of rotatable bonds is 8. The van der Waals surface area contributed by atoms with Gasteiger partial charge >= 0.3 is 0 Å². The second-order valence-electron chi connectivity index (χ2n) is 4.56. The van der Waals surface area contributed by atoms with Crippen molar-refractivity contribution in [2.24, 2.45) is 0 Å². The molecule has 4 heteroatoms. The highest BCUT2D eigenvalue weighted by Crippen LogP contribution is 2.31. The van der Waals surface area contributed by atoms with E-state index in [0.717, 1.165) is 39.3 Å². The molecular weight excluding hydrogens is 349 g/mol. The minimum absolute atomic E-state index is 0. The molecule has 0 aliphatic heterocycles. The molecule has 0 bridgehead atoms. The molecule has 0 saturated carbocycles. The Labute approximate surface area is 136 Å². The van der Waals surface area contributed by atoms with Gasteiger partial charge in [-0.1, -0.05) is 0 Å². The van der Waals surface area contributed by atoms with Gasteiger partial charge in [-0.2, -0.15) is 0 Å². The number of anilines is 2. The van der Waals surface area contributed by atoms with Crippen molar-refractivity contribution < 1.29 is 24.0 Å². The number of hydrogen-bond acceptors (Lipinski definition) is 2. The van der Waals surface area contributed by atoms with E-state index < -0.39 is 0 Å². The Kier molecular flexibility index (Phi) is 8.70. The Balaban J connectivity index is 0.00000324. The predicted molar refractivity (Wildman–Crippen MR) is 82.3 cm³/mol. The van der Waals surface area contributed by atoms with Gasteiger partial charge in [0.15, 0.2) is 0 Å². The lowest BCUT2D eigenvalue weighted by atomic mass is 10.5. The Hall–Kier alpha value is -0.260. The second kappa shape index (κ2) is 8.82. The first kappa shape index (κ1) is 18.7. The van der Waals surface area contributed by atoms with Crippen LogP contribution in [0.15, 0.2) is 0 Å². The van der Waals surface area contributed by atoms with Gasteiger partial charge in [0.2, 0.25) is 0 Å². The molecule has 0 fully saturated rings. The van der Waals surface area contributed by atoms with Crippen molar-refractivity contribution in [3.05, 3.63) is 5.36 Å². The highest BCUT2D eigenvalue weighted by molar-refractivity contribution is 5.85. The Morgan fingerprint density at radius 3 is 1.21 bits per heavy atom. The van der Waals surface area contributed by atoms with Gasteiger partial charge in [0.1, 0.15) is 24.5 Å². The molecule has 0 spiro atoms. The van der Waals surface area contributed by atoms with Crippen molar-refractivity contribution in [3.63, 3.8) is 0 Å². The van der Waals surface area contributed by atoms with Gasteiger partial charge in [0.05, 0.1) is 0 Å². The highest BCUT2D eigenvalue weighted by atomic mass is 127. The van der Waals surface area contributed by atoms with Crippen molar-refractivity contribution in [1.82, 2.24) is 4.58 Å². The molecule has 0 atom stereocenters. The minimum Gasteiger partial charge on any atom is -1.00 e. The molecule has 3 nitrogen and oxygen atoms in total. The molecule has 0 N–H and O–H groups in total. The Bertz CT molecular complexity index is 350. The van der Waals surface area contributed by atoms with E-state index in [2.05, 4.69) is 55.9 Å². The smallest absolute Gasteiger partial charge is 0.251 e. The van der Waals surface area contributed by atoms with E-state index in [-0.39, 0.29) is 24.0 Å². The average molecular weight is 379 g/mol. The Morgan fingerprint density at radius 1 is 0.684 bits per heavy atom. The molecule has 0 aliphatic carbocycles. The molecule has 0 amide bonds. The molecule has 0 unspecified atom stereocenters. The first-order valence-electron chi connectivity index (χ1n) is 7.56. The number of hydrogen-bond donors (Lipinski definition) is 0. The van der Waals surface area contributed by atoms with Crippen molar-refractivity contribution >= 4 is 11.4 Å². The van der Waals surface area contributed by atoms with Gasteiger partial charge in [0, 0.05) is 26.2 Å². The van der Waals surface area contributed by atoms with Crippen molar-refractivity contribution in [1.29, 1.82) is 0 Å². The zero-order valence-corrected chi connectivity index (χ0v) is 15.6. The normalized spacial score (nSPS) is 10.4. The van der Waals surface area contributed by atoms with Crippen molar-refractivity contribution in [2.75, 3.05) is 49.1 Å². The van der Waals surface area contributed by atoms with Gasteiger partial charge in [-0.05, 0) is 41.5 Å². The van der Waals surface area contributed by atoms with Crippen LogP contribution in [0.25, 0.3) is 0 Å². The summed E-state index contributed by atoms with van der Waals surface area (Å²) in [4.78, 5) is 4.97. The summed E-state index contributed by atoms with van der Waals surface area (Å²) in [5, 5.41) is 1.49. The summed E-state index contributed by atoms with van der Waals surface area (Å²) in [5.41, 5.74) is 2.99. The maximum Gasteiger partial charge on any atom is 0.251 e. The highest BCUT2D eigenvalue weighted by Gasteiger charge is 2.34. The Morgan fingerprint density at radius 2 is 1.00 bits per heavy atom. The third-order valence-corrected chi connectivity index (χ3v) is 3.85. The minimum atomic E-state index is 0. The summed E-state index contributed by atoms with van der Waals surface area (Å²) in [6.45, 7) is 20.1. The summed E-state index contributed by atoms with van der Waals surface area (Å²) >= 11 is 0. The average Bonchev–Trinajstić information content (AvgIpc) is 3.10. The number of halogens is 1. The molecule has 1 rings (SSSR count). The summed E-state index contributed by atoms with van der Waals surface area (Å²) in [6, 6.07) is 0. The van der Waals surface area contributed by atoms with Gasteiger partial charge in [-0.15, -0.1) is 0 Å². The van der Waals surface area contributed by atoms with E-state index in [0.29, 0.717) is 0 Å². The van der Waals surface area contributed by atoms with Crippen molar-refractivity contribution in [3.8, 4) is 0 Å². The predicted octanol–water partition coefficient (Wildman–Crippen LogP) is -0.929. The molecule has 1 aromatic rings. The van der Waals surface area contributed by atoms with E-state index in [4.69, 9.17) is 0 Å². The van der Waals surface area contributed by atoms with Crippen LogP contribution in [0.4, 0.5) is 11.4 Å². The van der Waals surface area contributed by atoms with Gasteiger partial charge in [0.25, 0.3) is 5.36 Å². The van der Waals surface area contributed by atoms with Crippen LogP contribution in [0.1, 0.15) is 41.5 Å². The molecule has 1 aromatic carbocycles. The van der Waals surface area contributed by atoms with E-state index in [1.165, 1.54) is 16.7 Å². The second-order valence-corrected chi connectivity index (χ2v) is 4.56. The van der Waals surface area contributed by atoms with Gasteiger partial charge in [-0.25, -0.2) is 4.58 Å². The van der Waals surface area contributed by atoms with Gasteiger partial charge < -0.3 is 33.8 Å². The standard InChI is InChI=1S/C15H30N3.HI/c1-7-16(8-2)13-14(17(9-3)10-4)15(13)18(11-5)12-6;/h7-12H2,1-6H3;1H/q+1;/p-1. The lowest BCUT2D eigenvalue weighted by Crippen LogP contribution is -3.00. The molecule has 112 valence electrons. The molecule has 0 radical (unpaired) electrons. The molecule has 0 saturated heterocycles. The molecule has 19 heavy (non-hydrogen) atoms. The van der Waals surface area contributed by atoms with E-state index in [1.807, 2.05) is 0 Å². The summed E-state index contributed by atoms with van der Waals surface area (Å²) in [7, 11) is 0. The SMILES string of the molecule is CCN(CC)c1c(N(CC)CC)c1=[N+](CC)CC.[I-]. The molecule has 0 aromatic heterocycles. The maximum atomic E-state index is 2.49. The summed E-state index contributed by atoms with van der Waals surface area (Å²) in [5.74, 6) is 0. The summed E-state index contributed by atoms with van der Waals surface area (Å²) in [6.07, 6.45) is 0. The zero-order chi connectivity index (χ0) is 13.7. The van der Waals surface area contributed by atoms with Crippen LogP contribution in [0.2, 0.25) is 0 Å². The van der Waals surface area contributed by atoms with Crippen LogP contribution < -0.4 is 43.7 Å². The van der Waals surface area contributed by atoms with Crippen LogP contribution >= 0.6 is 0 Å². The quantitative estimate of drug-likeness (QED) is 0.427. The maximum absolute atomic E-state index is 2.49. The first-order chi connectivity index (χ1) is 8.69. The fourth-order valence-electron chi connectivity index (χ4n) is 2.68. The largest absolute Gasteiger partial charge is 1.00 e. The van der Waals surface area contributed by atoms with Crippen LogP contribution in [0.3, 0.4) is 0 Å². The third kappa shape index (κ3) is 3.86.